The van der Waals surface area contributed by atoms with Crippen molar-refractivity contribution in [3.63, 3.8) is 0 Å². The van der Waals surface area contributed by atoms with Gasteiger partial charge in [-0.05, 0) is 27.7 Å². The molecule has 0 saturated heterocycles. The molecule has 1 heterocycles. The third-order valence-corrected chi connectivity index (χ3v) is 5.66. The Balaban J connectivity index is 2.77. The van der Waals surface area contributed by atoms with Gasteiger partial charge < -0.3 is 0 Å². The van der Waals surface area contributed by atoms with Gasteiger partial charge in [0.25, 0.3) is 0 Å². The summed E-state index contributed by atoms with van der Waals surface area (Å²) in [7, 11) is 0. The Labute approximate surface area is 108 Å². The van der Waals surface area contributed by atoms with Gasteiger partial charge >= 0.3 is 0 Å². The Hall–Kier alpha value is 0.490. The molecule has 0 aliphatic heterocycles. The summed E-state index contributed by atoms with van der Waals surface area (Å²) in [6, 6.07) is 4.38. The second-order valence-corrected chi connectivity index (χ2v) is 5.96. The van der Waals surface area contributed by atoms with Gasteiger partial charge in [0.05, 0.1) is 0 Å². The molecule has 0 radical (unpaired) electrons. The molecular formula is C10H8Br2S2. The zero-order valence-electron chi connectivity index (χ0n) is 7.51. The number of thioether (sulfide) groups is 1. The van der Waals surface area contributed by atoms with Gasteiger partial charge in [-0.25, -0.2) is 0 Å². The Morgan fingerprint density at radius 3 is 2.86 bits per heavy atom. The zero-order chi connectivity index (χ0) is 10.1. The predicted molar refractivity (Wildman–Crippen MR) is 73.9 cm³/mol. The highest BCUT2D eigenvalue weighted by Gasteiger charge is 2.09. The quantitative estimate of drug-likeness (QED) is 0.523. The van der Waals surface area contributed by atoms with E-state index in [1.54, 1.807) is 11.3 Å². The van der Waals surface area contributed by atoms with Crippen molar-refractivity contribution >= 4 is 65.0 Å². The second-order valence-electron chi connectivity index (χ2n) is 2.85. The largest absolute Gasteiger partial charge is 0.141 e. The fraction of sp³-hybridized carbons (Fsp3) is 0.200. The van der Waals surface area contributed by atoms with Crippen LogP contribution in [0.4, 0.5) is 0 Å². The smallest absolute Gasteiger partial charge is 0.0493 e. The van der Waals surface area contributed by atoms with Crippen LogP contribution in [0.1, 0.15) is 5.56 Å². The predicted octanol–water partition coefficient (Wildman–Crippen LogP) is 5.28. The summed E-state index contributed by atoms with van der Waals surface area (Å²) in [4.78, 5) is 1.40. The van der Waals surface area contributed by atoms with Crippen molar-refractivity contribution in [2.75, 3.05) is 6.26 Å². The fourth-order valence-corrected chi connectivity index (χ4v) is 4.79. The average molecular weight is 352 g/mol. The van der Waals surface area contributed by atoms with Crippen molar-refractivity contribution < 1.29 is 0 Å². The Bertz CT molecular complexity index is 462. The molecule has 0 aliphatic rings. The third kappa shape index (κ3) is 1.77. The maximum atomic E-state index is 3.57. The number of hydrogen-bond acceptors (Lipinski definition) is 2. The second kappa shape index (κ2) is 4.56. The van der Waals surface area contributed by atoms with Crippen LogP contribution in [0.15, 0.2) is 26.9 Å². The lowest BCUT2D eigenvalue weighted by atomic mass is 10.2. The summed E-state index contributed by atoms with van der Waals surface area (Å²) >= 11 is 10.7. The molecule has 0 aliphatic carbocycles. The Morgan fingerprint density at radius 2 is 2.21 bits per heavy atom. The molecule has 0 unspecified atom stereocenters. The van der Waals surface area contributed by atoms with E-state index in [-0.39, 0.29) is 0 Å². The standard InChI is InChI=1S/C10H8Br2S2/c1-13-9-6(4-11)2-3-7-8(12)5-14-10(7)9/h2-3,5H,4H2,1H3. The van der Waals surface area contributed by atoms with E-state index in [0.29, 0.717) is 0 Å². The number of fused-ring (bicyclic) bond motifs is 1. The van der Waals surface area contributed by atoms with Gasteiger partial charge in [0, 0.05) is 30.2 Å². The molecule has 0 atom stereocenters. The molecule has 1 aromatic carbocycles. The number of thiophene rings is 1. The van der Waals surface area contributed by atoms with Gasteiger partial charge in [-0.15, -0.1) is 23.1 Å². The first-order valence-electron chi connectivity index (χ1n) is 4.06. The Kier molecular flexibility index (Phi) is 3.58. The average Bonchev–Trinajstić information content (AvgIpc) is 2.59. The van der Waals surface area contributed by atoms with Crippen LogP contribution >= 0.6 is 55.0 Å². The minimum Gasteiger partial charge on any atom is -0.141 e. The lowest BCUT2D eigenvalue weighted by Crippen LogP contribution is -1.82. The molecule has 0 N–H and O–H groups in total. The first-order chi connectivity index (χ1) is 6.77. The molecule has 2 rings (SSSR count). The normalized spacial score (nSPS) is 11.1. The number of hydrogen-bond donors (Lipinski definition) is 0. The molecule has 0 spiro atoms. The zero-order valence-corrected chi connectivity index (χ0v) is 12.3. The van der Waals surface area contributed by atoms with Crippen molar-refractivity contribution in [1.29, 1.82) is 0 Å². The lowest BCUT2D eigenvalue weighted by molar-refractivity contribution is 1.34. The summed E-state index contributed by atoms with van der Waals surface area (Å²) in [5, 5.41) is 4.40. The maximum absolute atomic E-state index is 3.57. The molecule has 14 heavy (non-hydrogen) atoms. The molecule has 0 fully saturated rings. The lowest BCUT2D eigenvalue weighted by Gasteiger charge is -2.05. The van der Waals surface area contributed by atoms with Crippen LogP contribution in [0.25, 0.3) is 10.1 Å². The van der Waals surface area contributed by atoms with E-state index in [9.17, 15) is 0 Å². The molecule has 2 aromatic rings. The minimum absolute atomic E-state index is 0.925. The van der Waals surface area contributed by atoms with Crippen LogP contribution < -0.4 is 0 Å². The molecule has 4 heteroatoms. The SMILES string of the molecule is CSc1c(CBr)ccc2c(Br)csc12. The van der Waals surface area contributed by atoms with Crippen LogP contribution in [0.5, 0.6) is 0 Å². The highest BCUT2D eigenvalue weighted by molar-refractivity contribution is 9.10. The van der Waals surface area contributed by atoms with Crippen molar-refractivity contribution in [3.8, 4) is 0 Å². The van der Waals surface area contributed by atoms with Crippen molar-refractivity contribution in [1.82, 2.24) is 0 Å². The minimum atomic E-state index is 0.925. The van der Waals surface area contributed by atoms with E-state index in [1.165, 1.54) is 25.0 Å². The van der Waals surface area contributed by atoms with Gasteiger partial charge in [0.1, 0.15) is 0 Å². The number of benzene rings is 1. The molecule has 0 bridgehead atoms. The highest BCUT2D eigenvalue weighted by atomic mass is 79.9. The van der Waals surface area contributed by atoms with E-state index in [2.05, 4.69) is 55.6 Å². The highest BCUT2D eigenvalue weighted by Crippen LogP contribution is 2.38. The van der Waals surface area contributed by atoms with Crippen LogP contribution in [-0.4, -0.2) is 6.26 Å². The van der Waals surface area contributed by atoms with Crippen LogP contribution in [0.3, 0.4) is 0 Å². The van der Waals surface area contributed by atoms with Gasteiger partial charge in [0.15, 0.2) is 0 Å². The van der Waals surface area contributed by atoms with E-state index in [4.69, 9.17) is 0 Å². The maximum Gasteiger partial charge on any atom is 0.0493 e. The first-order valence-corrected chi connectivity index (χ1v) is 8.08. The topological polar surface area (TPSA) is 0 Å². The van der Waals surface area contributed by atoms with Crippen molar-refractivity contribution in [2.24, 2.45) is 0 Å². The van der Waals surface area contributed by atoms with E-state index < -0.39 is 0 Å². The van der Waals surface area contributed by atoms with Gasteiger partial charge in [-0.3, -0.25) is 0 Å². The van der Waals surface area contributed by atoms with Crippen molar-refractivity contribution in [2.45, 2.75) is 10.2 Å². The van der Waals surface area contributed by atoms with Gasteiger partial charge in [0.2, 0.25) is 0 Å². The number of halogens is 2. The fourth-order valence-electron chi connectivity index (χ4n) is 1.41. The van der Waals surface area contributed by atoms with Crippen LogP contribution in [-0.2, 0) is 5.33 Å². The molecule has 0 amide bonds. The number of alkyl halides is 1. The summed E-state index contributed by atoms with van der Waals surface area (Å²) in [6.45, 7) is 0. The van der Waals surface area contributed by atoms with Gasteiger partial charge in [-0.1, -0.05) is 28.1 Å². The molecule has 0 nitrogen and oxygen atoms in total. The summed E-state index contributed by atoms with van der Waals surface area (Å²) < 4.78 is 2.59. The number of rotatable bonds is 2. The summed E-state index contributed by atoms with van der Waals surface area (Å²) in [6.07, 6.45) is 2.13. The monoisotopic (exact) mass is 350 g/mol. The van der Waals surface area contributed by atoms with E-state index in [1.807, 2.05) is 11.8 Å². The summed E-state index contributed by atoms with van der Waals surface area (Å²) in [5.41, 5.74) is 1.37. The Morgan fingerprint density at radius 1 is 1.43 bits per heavy atom. The van der Waals surface area contributed by atoms with E-state index >= 15 is 0 Å². The van der Waals surface area contributed by atoms with Gasteiger partial charge in [-0.2, -0.15) is 0 Å². The molecular weight excluding hydrogens is 344 g/mol. The molecule has 0 saturated carbocycles. The van der Waals surface area contributed by atoms with Crippen LogP contribution in [0, 0.1) is 0 Å². The van der Waals surface area contributed by atoms with Crippen LogP contribution in [0.2, 0.25) is 0 Å². The van der Waals surface area contributed by atoms with E-state index in [0.717, 1.165) is 5.33 Å². The first kappa shape index (κ1) is 11.0. The summed E-state index contributed by atoms with van der Waals surface area (Å²) in [5.74, 6) is 0. The third-order valence-electron chi connectivity index (χ3n) is 2.08. The molecule has 1 aromatic heterocycles. The molecule has 74 valence electrons. The van der Waals surface area contributed by atoms with Crippen molar-refractivity contribution in [3.05, 3.63) is 27.5 Å².